The van der Waals surface area contributed by atoms with Crippen LogP contribution in [-0.4, -0.2) is 57.2 Å². The van der Waals surface area contributed by atoms with E-state index in [4.69, 9.17) is 26.3 Å². The van der Waals surface area contributed by atoms with Crippen LogP contribution in [0, 0.1) is 5.82 Å². The van der Waals surface area contributed by atoms with Gasteiger partial charge in [0.1, 0.15) is 23.3 Å². The van der Waals surface area contributed by atoms with Crippen molar-refractivity contribution >= 4 is 39.2 Å². The van der Waals surface area contributed by atoms with E-state index in [1.165, 1.54) is 17.4 Å². The van der Waals surface area contributed by atoms with E-state index in [9.17, 15) is 4.39 Å². The second kappa shape index (κ2) is 9.77. The summed E-state index contributed by atoms with van der Waals surface area (Å²) in [4.78, 5) is 16.7. The van der Waals surface area contributed by atoms with Crippen molar-refractivity contribution in [2.24, 2.45) is 4.99 Å². The Morgan fingerprint density at radius 1 is 1.24 bits per heavy atom. The lowest BCUT2D eigenvalue weighted by atomic mass is 10.1. The number of nitrogens with zero attached hydrogens (tertiary/aromatic N) is 7. The molecule has 2 aliphatic rings. The van der Waals surface area contributed by atoms with E-state index in [2.05, 4.69) is 16.3 Å². The van der Waals surface area contributed by atoms with Gasteiger partial charge in [-0.3, -0.25) is 14.2 Å². The predicted molar refractivity (Wildman–Crippen MR) is 139 cm³/mol. The van der Waals surface area contributed by atoms with Gasteiger partial charge in [-0.05, 0) is 38.0 Å². The second-order valence-corrected chi connectivity index (χ2v) is 10.8. The number of alkyl halides is 1. The fraction of sp³-hybridized carbons (Fsp3) is 0.440. The zero-order valence-corrected chi connectivity index (χ0v) is 22.0. The van der Waals surface area contributed by atoms with Gasteiger partial charge in [-0.2, -0.15) is 10.1 Å². The van der Waals surface area contributed by atoms with E-state index >= 15 is 4.39 Å². The maximum Gasteiger partial charge on any atom is 0.228 e. The summed E-state index contributed by atoms with van der Waals surface area (Å²) in [6.07, 6.45) is 5.91. The van der Waals surface area contributed by atoms with Gasteiger partial charge in [0.2, 0.25) is 5.95 Å². The number of morpholine rings is 1. The third-order valence-electron chi connectivity index (χ3n) is 6.66. The number of anilines is 1. The molecule has 0 N–H and O–H groups in total. The highest BCUT2D eigenvalue weighted by atomic mass is 35.5. The standard InChI is InChI=1S/C25H26ClF2N7OS/c1-14-11-33(13-20(36-14)15-10-30-35(12-15)17-4-5-17)24-31-21(18-6-3-16(26)9-19(18)28)22-23(32-24)34(8-7-27)25(29-2)37-22/h3,6,9-10,12,14,17,20H,4-5,7-8,11,13H2,1-2H3/b29-25+/t14-,20+/m0/s1. The van der Waals surface area contributed by atoms with Crippen LogP contribution in [0.4, 0.5) is 14.7 Å². The largest absolute Gasteiger partial charge is 0.367 e. The lowest BCUT2D eigenvalue weighted by molar-refractivity contribution is -0.0178. The molecule has 0 unspecified atom stereocenters. The molecule has 4 aromatic rings. The second-order valence-electron chi connectivity index (χ2n) is 9.42. The van der Waals surface area contributed by atoms with Crippen molar-refractivity contribution in [3.8, 4) is 11.3 Å². The van der Waals surface area contributed by atoms with Gasteiger partial charge in [0.15, 0.2) is 10.4 Å². The first-order valence-electron chi connectivity index (χ1n) is 12.2. The van der Waals surface area contributed by atoms with Crippen LogP contribution in [0.3, 0.4) is 0 Å². The van der Waals surface area contributed by atoms with Gasteiger partial charge >= 0.3 is 0 Å². The Hall–Kier alpha value is -2.89. The number of fused-ring (bicyclic) bond motifs is 1. The van der Waals surface area contributed by atoms with Crippen molar-refractivity contribution in [3.63, 3.8) is 0 Å². The highest BCUT2D eigenvalue weighted by Gasteiger charge is 2.32. The molecule has 12 heteroatoms. The number of halogens is 3. The van der Waals surface area contributed by atoms with Crippen LogP contribution in [0.25, 0.3) is 21.6 Å². The maximum absolute atomic E-state index is 15.1. The molecule has 0 bridgehead atoms. The van der Waals surface area contributed by atoms with Crippen molar-refractivity contribution in [3.05, 3.63) is 51.8 Å². The van der Waals surface area contributed by atoms with Crippen LogP contribution in [0.15, 0.2) is 35.6 Å². The lowest BCUT2D eigenvalue weighted by Gasteiger charge is -2.36. The maximum atomic E-state index is 15.1. The zero-order chi connectivity index (χ0) is 25.7. The molecule has 6 rings (SSSR count). The summed E-state index contributed by atoms with van der Waals surface area (Å²) in [5.74, 6) is -0.0563. The first kappa shape index (κ1) is 24.4. The van der Waals surface area contributed by atoms with Gasteiger partial charge in [-0.15, -0.1) is 0 Å². The molecular weight excluding hydrogens is 520 g/mol. The summed E-state index contributed by atoms with van der Waals surface area (Å²) in [5.41, 5.74) is 2.26. The van der Waals surface area contributed by atoms with Crippen LogP contribution in [-0.2, 0) is 11.3 Å². The number of ether oxygens (including phenoxy) is 1. The molecule has 2 fully saturated rings. The summed E-state index contributed by atoms with van der Waals surface area (Å²) >= 11 is 7.34. The minimum atomic E-state index is -0.579. The first-order chi connectivity index (χ1) is 17.9. The van der Waals surface area contributed by atoms with Crippen LogP contribution in [0.1, 0.15) is 37.5 Å². The van der Waals surface area contributed by atoms with E-state index < -0.39 is 12.5 Å². The quantitative estimate of drug-likeness (QED) is 0.343. The predicted octanol–water partition coefficient (Wildman–Crippen LogP) is 4.95. The van der Waals surface area contributed by atoms with Gasteiger partial charge in [0.25, 0.3) is 0 Å². The monoisotopic (exact) mass is 545 g/mol. The highest BCUT2D eigenvalue weighted by molar-refractivity contribution is 7.16. The van der Waals surface area contributed by atoms with Crippen molar-refractivity contribution in [2.45, 2.75) is 44.6 Å². The van der Waals surface area contributed by atoms with Gasteiger partial charge in [-0.1, -0.05) is 22.9 Å². The Morgan fingerprint density at radius 2 is 2.08 bits per heavy atom. The SMILES string of the molecule is C/N=c1/sc2c(-c3ccc(Cl)cc3F)nc(N3C[C@H](C)O[C@@H](c4cnn(C5CC5)c4)C3)nc2n1CCF. The Balaban J connectivity index is 1.47. The Bertz CT molecular complexity index is 1530. The summed E-state index contributed by atoms with van der Waals surface area (Å²) in [7, 11) is 1.65. The van der Waals surface area contributed by atoms with Crippen molar-refractivity contribution in [1.82, 2.24) is 24.3 Å². The van der Waals surface area contributed by atoms with E-state index in [-0.39, 0.29) is 18.8 Å². The molecule has 4 heterocycles. The molecule has 0 amide bonds. The fourth-order valence-electron chi connectivity index (χ4n) is 4.76. The number of hydrogen-bond donors (Lipinski definition) is 0. The van der Waals surface area contributed by atoms with E-state index in [0.717, 1.165) is 18.4 Å². The minimum absolute atomic E-state index is 0.0914. The van der Waals surface area contributed by atoms with Crippen LogP contribution >= 0.6 is 22.9 Å². The van der Waals surface area contributed by atoms with Crippen molar-refractivity contribution < 1.29 is 13.5 Å². The molecule has 1 aliphatic heterocycles. The number of aromatic nitrogens is 5. The van der Waals surface area contributed by atoms with Gasteiger partial charge in [-0.25, -0.2) is 13.8 Å². The van der Waals surface area contributed by atoms with E-state index in [1.54, 1.807) is 23.7 Å². The molecular formula is C25H26ClF2N7OS. The van der Waals surface area contributed by atoms with Crippen molar-refractivity contribution in [2.75, 3.05) is 31.7 Å². The molecule has 37 heavy (non-hydrogen) atoms. The third kappa shape index (κ3) is 4.64. The lowest BCUT2D eigenvalue weighted by Crippen LogP contribution is -2.43. The summed E-state index contributed by atoms with van der Waals surface area (Å²) < 4.78 is 39.3. The first-order valence-corrected chi connectivity index (χ1v) is 13.4. The molecule has 2 atom stereocenters. The number of benzene rings is 1. The smallest absolute Gasteiger partial charge is 0.228 e. The van der Waals surface area contributed by atoms with Gasteiger partial charge < -0.3 is 9.64 Å². The number of aryl methyl sites for hydroxylation is 1. The molecule has 8 nitrogen and oxygen atoms in total. The molecule has 1 aliphatic carbocycles. The molecule has 194 valence electrons. The summed E-state index contributed by atoms with van der Waals surface area (Å²) in [6.45, 7) is 2.58. The minimum Gasteiger partial charge on any atom is -0.367 e. The van der Waals surface area contributed by atoms with Crippen LogP contribution in [0.2, 0.25) is 5.02 Å². The summed E-state index contributed by atoms with van der Waals surface area (Å²) in [6, 6.07) is 4.99. The Morgan fingerprint density at radius 3 is 2.81 bits per heavy atom. The van der Waals surface area contributed by atoms with Gasteiger partial charge in [0, 0.05) is 35.9 Å². The van der Waals surface area contributed by atoms with Gasteiger partial charge in [0.05, 0.1) is 37.1 Å². The van der Waals surface area contributed by atoms with E-state index in [0.29, 0.717) is 56.5 Å². The average molecular weight is 546 g/mol. The molecule has 3 aromatic heterocycles. The molecule has 1 saturated heterocycles. The number of thiazole rings is 1. The number of hydrogen-bond acceptors (Lipinski definition) is 7. The van der Waals surface area contributed by atoms with Crippen LogP contribution < -0.4 is 9.70 Å². The number of rotatable bonds is 6. The summed E-state index contributed by atoms with van der Waals surface area (Å²) in [5, 5.41) is 4.82. The zero-order valence-electron chi connectivity index (χ0n) is 20.4. The van der Waals surface area contributed by atoms with Crippen molar-refractivity contribution in [1.29, 1.82) is 0 Å². The molecule has 1 aromatic carbocycles. The Labute approximate surface area is 221 Å². The molecule has 1 saturated carbocycles. The highest BCUT2D eigenvalue weighted by Crippen LogP contribution is 2.37. The Kier molecular flexibility index (Phi) is 6.46. The van der Waals surface area contributed by atoms with E-state index in [1.807, 2.05) is 22.7 Å². The normalized spacial score (nSPS) is 20.8. The third-order valence-corrected chi connectivity index (χ3v) is 8.06. The fourth-order valence-corrected chi connectivity index (χ4v) is 5.98. The topological polar surface area (TPSA) is 73.4 Å². The molecule has 0 spiro atoms. The van der Waals surface area contributed by atoms with Crippen LogP contribution in [0.5, 0.6) is 0 Å². The molecule has 0 radical (unpaired) electrons. The average Bonchev–Trinajstić information content (AvgIpc) is 3.50.